The summed E-state index contributed by atoms with van der Waals surface area (Å²) in [7, 11) is 3.29. The number of methoxy groups -OCH3 is 2. The minimum atomic E-state index is -2.06. The summed E-state index contributed by atoms with van der Waals surface area (Å²) in [4.78, 5) is 14.7. The Kier molecular flexibility index (Phi) is 5.75. The lowest BCUT2D eigenvalue weighted by Gasteiger charge is -2.40. The fraction of sp³-hybridized carbons (Fsp3) is 0.261. The van der Waals surface area contributed by atoms with Crippen LogP contribution in [0.4, 0.5) is 0 Å². The summed E-state index contributed by atoms with van der Waals surface area (Å²) in [5.41, 5.74) is 2.75. The maximum Gasteiger partial charge on any atom is 0.275 e. The van der Waals surface area contributed by atoms with Crippen LogP contribution in [-0.4, -0.2) is 35.4 Å². The molecule has 0 radical (unpaired) electrons. The largest absolute Gasteiger partial charge is 0.496 e. The van der Waals surface area contributed by atoms with Crippen molar-refractivity contribution >= 4 is 51.5 Å². The Morgan fingerprint density at radius 2 is 1.50 bits per heavy atom. The number of ether oxygens (including phenoxy) is 2. The average Bonchev–Trinajstić information content (AvgIpc) is 2.76. The third-order valence-corrected chi connectivity index (χ3v) is 5.96. The molecule has 0 aromatic heterocycles. The summed E-state index contributed by atoms with van der Waals surface area (Å²) in [5, 5.41) is 1.86. The fourth-order valence-electron chi connectivity index (χ4n) is 4.32. The highest BCUT2D eigenvalue weighted by molar-refractivity contribution is 6.76. The van der Waals surface area contributed by atoms with E-state index >= 15 is 0 Å². The first-order chi connectivity index (χ1) is 14.4. The molecular weight excluding hydrogens is 445 g/mol. The molecule has 1 heterocycles. The second kappa shape index (κ2) is 8.18. The van der Waals surface area contributed by atoms with Crippen molar-refractivity contribution in [1.82, 2.24) is 4.90 Å². The second-order valence-corrected chi connectivity index (χ2v) is 9.35. The standard InChI is InChI=1S/C23H20Cl3NO3/c1-29-20-15-10-6-7-11-16(15)21(30-2)18-17(20)12-13-27(22(28)23(24,25)26)19(18)14-8-4-3-5-9-14/h3-11,19H,12-13H2,1-2H3. The molecule has 0 spiro atoms. The molecule has 0 aliphatic carbocycles. The molecule has 7 heteroatoms. The topological polar surface area (TPSA) is 38.8 Å². The number of fused-ring (bicyclic) bond motifs is 2. The van der Waals surface area contributed by atoms with Crippen molar-refractivity contribution in [2.45, 2.75) is 16.3 Å². The van der Waals surface area contributed by atoms with Crippen LogP contribution in [0.25, 0.3) is 10.8 Å². The summed E-state index contributed by atoms with van der Waals surface area (Å²) >= 11 is 18.0. The first kappa shape index (κ1) is 21.1. The zero-order valence-corrected chi connectivity index (χ0v) is 18.8. The molecule has 4 rings (SSSR count). The van der Waals surface area contributed by atoms with Gasteiger partial charge in [-0.2, -0.15) is 0 Å². The number of amides is 1. The average molecular weight is 465 g/mol. The van der Waals surface area contributed by atoms with E-state index in [0.29, 0.717) is 18.7 Å². The number of hydrogen-bond donors (Lipinski definition) is 0. The SMILES string of the molecule is COc1c2c(c(OC)c3ccccc13)C(c1ccccc1)N(C(=O)C(Cl)(Cl)Cl)CC2. The number of nitrogens with zero attached hydrogens (tertiary/aromatic N) is 1. The van der Waals surface area contributed by atoms with Gasteiger partial charge in [-0.1, -0.05) is 89.4 Å². The number of halogens is 3. The second-order valence-electron chi connectivity index (χ2n) is 7.06. The summed E-state index contributed by atoms with van der Waals surface area (Å²) in [6.45, 7) is 0.386. The molecule has 4 nitrogen and oxygen atoms in total. The van der Waals surface area contributed by atoms with E-state index in [1.54, 1.807) is 19.1 Å². The molecule has 1 aliphatic rings. The molecule has 1 atom stereocenters. The van der Waals surface area contributed by atoms with Crippen LogP contribution < -0.4 is 9.47 Å². The van der Waals surface area contributed by atoms with Crippen LogP contribution in [0.5, 0.6) is 11.5 Å². The van der Waals surface area contributed by atoms with E-state index in [-0.39, 0.29) is 0 Å². The zero-order valence-electron chi connectivity index (χ0n) is 16.5. The van der Waals surface area contributed by atoms with Gasteiger partial charge in [0.1, 0.15) is 11.5 Å². The molecule has 1 amide bonds. The van der Waals surface area contributed by atoms with Crippen molar-refractivity contribution in [3.8, 4) is 11.5 Å². The van der Waals surface area contributed by atoms with Gasteiger partial charge < -0.3 is 14.4 Å². The van der Waals surface area contributed by atoms with Crippen LogP contribution >= 0.6 is 34.8 Å². The summed E-state index contributed by atoms with van der Waals surface area (Å²) in [6.07, 6.45) is 0.551. The predicted molar refractivity (Wildman–Crippen MR) is 121 cm³/mol. The number of benzene rings is 3. The molecule has 3 aromatic carbocycles. The van der Waals surface area contributed by atoms with E-state index in [9.17, 15) is 4.79 Å². The number of rotatable bonds is 3. The Bertz CT molecular complexity index is 1100. The van der Waals surface area contributed by atoms with Crippen molar-refractivity contribution in [2.75, 3.05) is 20.8 Å². The first-order valence-electron chi connectivity index (χ1n) is 9.46. The highest BCUT2D eigenvalue weighted by atomic mass is 35.6. The van der Waals surface area contributed by atoms with Crippen LogP contribution in [0.15, 0.2) is 54.6 Å². The Morgan fingerprint density at radius 1 is 0.933 bits per heavy atom. The molecule has 0 saturated heterocycles. The maximum atomic E-state index is 13.1. The molecule has 0 bridgehead atoms. The molecular formula is C23H20Cl3NO3. The lowest BCUT2D eigenvalue weighted by molar-refractivity contribution is -0.132. The van der Waals surface area contributed by atoms with Gasteiger partial charge in [0.15, 0.2) is 0 Å². The fourth-order valence-corrected chi connectivity index (χ4v) is 4.64. The van der Waals surface area contributed by atoms with Crippen LogP contribution in [0.3, 0.4) is 0 Å². The highest BCUT2D eigenvalue weighted by Gasteiger charge is 2.43. The van der Waals surface area contributed by atoms with E-state index in [1.165, 1.54) is 0 Å². The monoisotopic (exact) mass is 463 g/mol. The van der Waals surface area contributed by atoms with Crippen molar-refractivity contribution in [1.29, 1.82) is 0 Å². The minimum absolute atomic E-state index is 0.386. The van der Waals surface area contributed by atoms with Gasteiger partial charge >= 0.3 is 0 Å². The van der Waals surface area contributed by atoms with Crippen LogP contribution in [0, 0.1) is 0 Å². The van der Waals surface area contributed by atoms with Crippen molar-refractivity contribution < 1.29 is 14.3 Å². The molecule has 156 valence electrons. The van der Waals surface area contributed by atoms with Gasteiger partial charge in [0.2, 0.25) is 0 Å². The zero-order chi connectivity index (χ0) is 21.5. The summed E-state index contributed by atoms with van der Waals surface area (Å²) in [6, 6.07) is 17.1. The number of alkyl halides is 3. The van der Waals surface area contributed by atoms with Gasteiger partial charge in [0, 0.05) is 28.4 Å². The van der Waals surface area contributed by atoms with Crippen molar-refractivity contribution in [3.05, 3.63) is 71.3 Å². The minimum Gasteiger partial charge on any atom is -0.496 e. The van der Waals surface area contributed by atoms with Gasteiger partial charge in [-0.3, -0.25) is 4.79 Å². The third-order valence-electron chi connectivity index (χ3n) is 5.47. The van der Waals surface area contributed by atoms with Crippen LogP contribution in [0.2, 0.25) is 0 Å². The maximum absolute atomic E-state index is 13.1. The van der Waals surface area contributed by atoms with Gasteiger partial charge in [-0.25, -0.2) is 0 Å². The predicted octanol–water partition coefficient (Wildman–Crippen LogP) is 5.70. The third kappa shape index (κ3) is 3.47. The van der Waals surface area contributed by atoms with E-state index in [0.717, 1.165) is 33.2 Å². The molecule has 30 heavy (non-hydrogen) atoms. The van der Waals surface area contributed by atoms with E-state index in [4.69, 9.17) is 44.3 Å². The number of hydrogen-bond acceptors (Lipinski definition) is 3. The molecule has 3 aromatic rings. The van der Waals surface area contributed by atoms with E-state index in [1.807, 2.05) is 54.6 Å². The van der Waals surface area contributed by atoms with Gasteiger partial charge in [-0.15, -0.1) is 0 Å². The Morgan fingerprint density at radius 3 is 2.07 bits per heavy atom. The normalized spacial score (nSPS) is 16.3. The van der Waals surface area contributed by atoms with Gasteiger partial charge in [-0.05, 0) is 12.0 Å². The van der Waals surface area contributed by atoms with Crippen LogP contribution in [-0.2, 0) is 11.2 Å². The quantitative estimate of drug-likeness (QED) is 0.467. The number of carbonyl (C=O) groups excluding carboxylic acids is 1. The van der Waals surface area contributed by atoms with E-state index < -0.39 is 15.7 Å². The number of carbonyl (C=O) groups is 1. The van der Waals surface area contributed by atoms with Gasteiger partial charge in [0.05, 0.1) is 20.3 Å². The van der Waals surface area contributed by atoms with Crippen molar-refractivity contribution in [2.24, 2.45) is 0 Å². The smallest absolute Gasteiger partial charge is 0.275 e. The Labute approximate surface area is 190 Å². The lowest BCUT2D eigenvalue weighted by atomic mass is 9.84. The summed E-state index contributed by atoms with van der Waals surface area (Å²) in [5.74, 6) is 0.904. The summed E-state index contributed by atoms with van der Waals surface area (Å²) < 4.78 is 9.68. The van der Waals surface area contributed by atoms with Crippen LogP contribution in [0.1, 0.15) is 22.7 Å². The molecule has 0 fully saturated rings. The molecule has 0 saturated carbocycles. The van der Waals surface area contributed by atoms with Gasteiger partial charge in [0.25, 0.3) is 9.70 Å². The Balaban J connectivity index is 2.06. The Hall–Kier alpha value is -2.14. The highest BCUT2D eigenvalue weighted by Crippen LogP contribution is 2.50. The molecule has 1 unspecified atom stereocenters. The lowest BCUT2D eigenvalue weighted by Crippen LogP contribution is -2.46. The van der Waals surface area contributed by atoms with E-state index in [2.05, 4.69) is 0 Å². The molecule has 0 N–H and O–H groups in total. The van der Waals surface area contributed by atoms with Crippen molar-refractivity contribution in [3.63, 3.8) is 0 Å². The molecule has 1 aliphatic heterocycles. The first-order valence-corrected chi connectivity index (χ1v) is 10.6.